The molecule has 2 unspecified atom stereocenters. The highest BCUT2D eigenvalue weighted by atomic mass is 35.5. The topological polar surface area (TPSA) is 81.5 Å². The van der Waals surface area contributed by atoms with E-state index in [2.05, 4.69) is 20.3 Å². The van der Waals surface area contributed by atoms with Crippen molar-refractivity contribution in [3.05, 3.63) is 94.5 Å². The van der Waals surface area contributed by atoms with Crippen molar-refractivity contribution in [2.75, 3.05) is 23.0 Å². The van der Waals surface area contributed by atoms with Crippen LogP contribution in [-0.4, -0.2) is 35.7 Å². The van der Waals surface area contributed by atoms with Crippen LogP contribution < -0.4 is 15.5 Å². The van der Waals surface area contributed by atoms with Crippen LogP contribution in [0, 0.1) is 0 Å². The van der Waals surface area contributed by atoms with E-state index < -0.39 is 6.17 Å². The number of carbonyl (C=O) groups is 1. The van der Waals surface area contributed by atoms with Gasteiger partial charge in [-0.3, -0.25) is 4.79 Å². The van der Waals surface area contributed by atoms with Crippen LogP contribution >= 0.6 is 35.8 Å². The number of thiocarbonyl (C=S) groups is 1. The summed E-state index contributed by atoms with van der Waals surface area (Å²) in [6.07, 6.45) is -0.920. The molecule has 0 fully saturated rings. The van der Waals surface area contributed by atoms with Crippen molar-refractivity contribution >= 4 is 63.9 Å². The number of hydrogen-bond acceptors (Lipinski definition) is 6. The lowest BCUT2D eigenvalue weighted by atomic mass is 10.0. The molecule has 3 aromatic rings. The van der Waals surface area contributed by atoms with Crippen LogP contribution in [0.25, 0.3) is 0 Å². The number of aliphatic imine (C=N–C) groups is 1. The van der Waals surface area contributed by atoms with Gasteiger partial charge in [0.15, 0.2) is 5.11 Å². The Bertz CT molecular complexity index is 1330. The fraction of sp³-hybridized carbons (Fsp3) is 0.160. The number of hydrogen-bond donors (Lipinski definition) is 2. The summed E-state index contributed by atoms with van der Waals surface area (Å²) < 4.78 is 3.99. The van der Waals surface area contributed by atoms with Crippen LogP contribution in [0.1, 0.15) is 22.7 Å². The maximum absolute atomic E-state index is 13.4. The molecule has 2 aliphatic rings. The molecule has 176 valence electrons. The Labute approximate surface area is 217 Å². The highest BCUT2D eigenvalue weighted by Gasteiger charge is 2.30. The van der Waals surface area contributed by atoms with E-state index in [9.17, 15) is 4.79 Å². The summed E-state index contributed by atoms with van der Waals surface area (Å²) in [6.45, 7) is 0. The second-order valence-electron chi connectivity index (χ2n) is 8.03. The van der Waals surface area contributed by atoms with E-state index in [1.165, 1.54) is 11.9 Å². The molecule has 0 aromatic heterocycles. The molecule has 0 bridgehead atoms. The van der Waals surface area contributed by atoms with Gasteiger partial charge in [0, 0.05) is 34.6 Å². The highest BCUT2D eigenvalue weighted by molar-refractivity contribution is 7.98. The van der Waals surface area contributed by atoms with E-state index in [-0.39, 0.29) is 11.9 Å². The third-order valence-corrected chi connectivity index (χ3v) is 6.87. The van der Waals surface area contributed by atoms with Crippen molar-refractivity contribution in [3.8, 4) is 0 Å². The van der Waals surface area contributed by atoms with Crippen molar-refractivity contribution < 1.29 is 4.79 Å². The Kier molecular flexibility index (Phi) is 6.81. The molecule has 0 saturated carbocycles. The number of fused-ring (bicyclic) bond motifs is 1. The average Bonchev–Trinajstić information content (AvgIpc) is 3.39. The van der Waals surface area contributed by atoms with Gasteiger partial charge in [0.2, 0.25) is 6.17 Å². The number of anilines is 2. The molecule has 2 atom stereocenters. The summed E-state index contributed by atoms with van der Waals surface area (Å²) in [5.74, 6) is 0.613. The van der Waals surface area contributed by atoms with Crippen LogP contribution in [0.15, 0.2) is 87.4 Å². The highest BCUT2D eigenvalue weighted by Crippen LogP contribution is 2.31. The van der Waals surface area contributed by atoms with Crippen molar-refractivity contribution in [1.82, 2.24) is 5.32 Å². The fourth-order valence-corrected chi connectivity index (χ4v) is 4.99. The van der Waals surface area contributed by atoms with Gasteiger partial charge in [-0.15, -0.1) is 4.52 Å². The van der Waals surface area contributed by atoms with Crippen molar-refractivity contribution in [2.45, 2.75) is 12.2 Å². The van der Waals surface area contributed by atoms with Gasteiger partial charge in [-0.1, -0.05) is 54.1 Å². The average molecular weight is 521 g/mol. The van der Waals surface area contributed by atoms with Gasteiger partial charge in [-0.25, -0.2) is 4.99 Å². The second kappa shape index (κ2) is 10.2. The van der Waals surface area contributed by atoms with Crippen LogP contribution in [0.5, 0.6) is 0 Å². The zero-order valence-corrected chi connectivity index (χ0v) is 21.1. The largest absolute Gasteiger partial charge is 0.333 e. The molecule has 35 heavy (non-hydrogen) atoms. The van der Waals surface area contributed by atoms with Crippen LogP contribution in [0.2, 0.25) is 5.02 Å². The summed E-state index contributed by atoms with van der Waals surface area (Å²) in [5.41, 5.74) is 4.93. The van der Waals surface area contributed by atoms with Gasteiger partial charge in [0.25, 0.3) is 5.91 Å². The molecule has 0 saturated heterocycles. The van der Waals surface area contributed by atoms with Crippen molar-refractivity contribution in [1.29, 1.82) is 0 Å². The summed E-state index contributed by atoms with van der Waals surface area (Å²) in [7, 11) is 1.72. The van der Waals surface area contributed by atoms with Gasteiger partial charge in [0.05, 0.1) is 11.4 Å². The predicted octanol–water partition coefficient (Wildman–Crippen LogP) is 5.62. The number of carbonyl (C=O) groups excluding carboxylic acids is 1. The molecule has 2 aliphatic heterocycles. The molecule has 10 heteroatoms. The third kappa shape index (κ3) is 5.07. The van der Waals surface area contributed by atoms with E-state index in [1.807, 2.05) is 66.7 Å². The smallest absolute Gasteiger partial charge is 0.272 e. The minimum absolute atomic E-state index is 0.0826. The number of benzene rings is 3. The first-order chi connectivity index (χ1) is 17.0. The second-order valence-corrected chi connectivity index (χ2v) is 9.63. The monoisotopic (exact) mass is 520 g/mol. The standard InChI is InChI=1S/C25H21ClN6OS2/c1-32-21-12-9-17(26)13-19(21)22(16-5-3-2-4-6-16)28-23(24(32)33)29-25(34)27-18-10-7-15(8-11-18)20-14-35-31-30-20/h2-13,20,23H,14H2,1H3,(H2,27,29,34). The lowest BCUT2D eigenvalue weighted by molar-refractivity contribution is -0.119. The molecular weight excluding hydrogens is 500 g/mol. The van der Waals surface area contributed by atoms with Gasteiger partial charge in [-0.2, -0.15) is 5.11 Å². The number of nitrogens with zero attached hydrogens (tertiary/aromatic N) is 4. The molecule has 0 radical (unpaired) electrons. The van der Waals surface area contributed by atoms with Crippen molar-refractivity contribution in [3.63, 3.8) is 0 Å². The fourth-order valence-electron chi connectivity index (χ4n) is 3.94. The molecule has 2 heterocycles. The van der Waals surface area contributed by atoms with E-state index in [0.29, 0.717) is 15.8 Å². The normalized spacial score (nSPS) is 19.1. The number of likely N-dealkylation sites (N-methyl/N-ethyl adjacent to an activating group) is 1. The zero-order chi connectivity index (χ0) is 24.4. The molecule has 7 nitrogen and oxygen atoms in total. The Morgan fingerprint density at radius 3 is 2.60 bits per heavy atom. The maximum atomic E-state index is 13.4. The van der Waals surface area contributed by atoms with Gasteiger partial charge >= 0.3 is 0 Å². The summed E-state index contributed by atoms with van der Waals surface area (Å²) >= 11 is 13.3. The summed E-state index contributed by atoms with van der Waals surface area (Å²) in [5, 5.41) is 11.3. The third-order valence-electron chi connectivity index (χ3n) is 5.74. The number of amides is 1. The molecule has 0 spiro atoms. The minimum atomic E-state index is -0.920. The predicted molar refractivity (Wildman–Crippen MR) is 147 cm³/mol. The molecule has 5 rings (SSSR count). The molecule has 2 N–H and O–H groups in total. The zero-order valence-electron chi connectivity index (χ0n) is 18.7. The Balaban J connectivity index is 1.40. The maximum Gasteiger partial charge on any atom is 0.272 e. The van der Waals surface area contributed by atoms with Gasteiger partial charge in [0.1, 0.15) is 6.04 Å². The number of nitrogens with one attached hydrogen (secondary N) is 2. The van der Waals surface area contributed by atoms with E-state index in [4.69, 9.17) is 28.8 Å². The molecule has 1 amide bonds. The molecule has 3 aromatic carbocycles. The van der Waals surface area contributed by atoms with Gasteiger partial charge in [-0.05, 0) is 60.1 Å². The molecular formula is C25H21ClN6OS2. The number of benzodiazepines with no additional fused rings is 1. The van der Waals surface area contributed by atoms with Crippen LogP contribution in [-0.2, 0) is 4.79 Å². The Hall–Kier alpha value is -3.27. The molecule has 0 aliphatic carbocycles. The Morgan fingerprint density at radius 2 is 1.89 bits per heavy atom. The number of halogens is 1. The first kappa shape index (κ1) is 23.5. The first-order valence-electron chi connectivity index (χ1n) is 10.9. The van der Waals surface area contributed by atoms with Crippen LogP contribution in [0.4, 0.5) is 11.4 Å². The van der Waals surface area contributed by atoms with Crippen LogP contribution in [0.3, 0.4) is 0 Å². The Morgan fingerprint density at radius 1 is 1.11 bits per heavy atom. The number of rotatable bonds is 4. The van der Waals surface area contributed by atoms with Crippen molar-refractivity contribution in [2.24, 2.45) is 14.6 Å². The van der Waals surface area contributed by atoms with E-state index in [1.54, 1.807) is 18.0 Å². The lowest BCUT2D eigenvalue weighted by Crippen LogP contribution is -2.47. The SMILES string of the molecule is CN1C(=O)C(NC(=S)Nc2ccc(C3CSN=N3)cc2)N=C(c2ccccc2)c2cc(Cl)ccc21. The summed E-state index contributed by atoms with van der Waals surface area (Å²) in [6, 6.07) is 23.1. The van der Waals surface area contributed by atoms with E-state index in [0.717, 1.165) is 33.8 Å². The van der Waals surface area contributed by atoms with E-state index >= 15 is 0 Å². The first-order valence-corrected chi connectivity index (χ1v) is 12.6. The quantitative estimate of drug-likeness (QED) is 0.344. The minimum Gasteiger partial charge on any atom is -0.333 e. The summed E-state index contributed by atoms with van der Waals surface area (Å²) in [4.78, 5) is 19.8. The lowest BCUT2D eigenvalue weighted by Gasteiger charge is -2.22. The van der Waals surface area contributed by atoms with Gasteiger partial charge < -0.3 is 15.5 Å².